The largest absolute Gasteiger partial charge is 0.504 e. The monoisotopic (exact) mass is 445 g/mol. The molecule has 12 nitrogen and oxygen atoms in total. The van der Waals surface area contributed by atoms with Crippen molar-refractivity contribution in [2.24, 2.45) is 11.5 Å². The fourth-order valence-corrected chi connectivity index (χ4v) is 3.30. The van der Waals surface area contributed by atoms with Gasteiger partial charge in [0.25, 0.3) is 0 Å². The van der Waals surface area contributed by atoms with Crippen LogP contribution < -0.4 is 16.8 Å². The second kappa shape index (κ2) is 11.2. The summed E-state index contributed by atoms with van der Waals surface area (Å²) in [6.07, 6.45) is -0.686. The number of amides is 1. The number of carboxylic acids is 3. The third-order valence-electron chi connectivity index (χ3n) is 3.91. The predicted octanol–water partition coefficient (Wildman–Crippen LogP) is -1.09. The van der Waals surface area contributed by atoms with Crippen molar-refractivity contribution in [3.63, 3.8) is 0 Å². The Balaban J connectivity index is 2.86. The van der Waals surface area contributed by atoms with Crippen LogP contribution in [0.2, 0.25) is 0 Å². The normalized spacial score (nSPS) is 13.8. The molecule has 0 radical (unpaired) electrons. The Bertz CT molecular complexity index is 818. The average molecular weight is 445 g/mol. The van der Waals surface area contributed by atoms with E-state index in [1.54, 1.807) is 0 Å². The van der Waals surface area contributed by atoms with Gasteiger partial charge in [-0.15, -0.1) is 11.8 Å². The van der Waals surface area contributed by atoms with Crippen LogP contribution in [0.5, 0.6) is 11.5 Å². The molecule has 10 N–H and O–H groups in total. The molecule has 0 spiro atoms. The van der Waals surface area contributed by atoms with Crippen LogP contribution in [0.1, 0.15) is 18.4 Å². The zero-order chi connectivity index (χ0) is 23.0. The van der Waals surface area contributed by atoms with E-state index in [2.05, 4.69) is 5.32 Å². The molecule has 0 bridgehead atoms. The third-order valence-corrected chi connectivity index (χ3v) is 5.04. The molecular weight excluding hydrogens is 422 g/mol. The van der Waals surface area contributed by atoms with E-state index in [1.807, 2.05) is 0 Å². The fourth-order valence-electron chi connectivity index (χ4n) is 2.25. The number of nitrogens with two attached hydrogens (primary N) is 2. The molecule has 0 saturated heterocycles. The SMILES string of the molecule is N[C@@H](Cc1cc(O)c(O)c(SC[C@@H](NC(=O)[C@@H](N)CCC(=O)O)C(=O)O)c1)C(=O)O. The molecule has 0 heterocycles. The predicted molar refractivity (Wildman–Crippen MR) is 104 cm³/mol. The van der Waals surface area contributed by atoms with Crippen LogP contribution in [-0.2, 0) is 25.6 Å². The van der Waals surface area contributed by atoms with E-state index in [9.17, 15) is 34.5 Å². The highest BCUT2D eigenvalue weighted by molar-refractivity contribution is 7.99. The van der Waals surface area contributed by atoms with Gasteiger partial charge in [0.15, 0.2) is 11.5 Å². The fraction of sp³-hybridized carbons (Fsp3) is 0.412. The molecule has 0 aliphatic rings. The molecule has 1 amide bonds. The molecule has 0 aromatic heterocycles. The van der Waals surface area contributed by atoms with Gasteiger partial charge in [0.05, 0.1) is 10.9 Å². The second-order valence-electron chi connectivity index (χ2n) is 6.36. The molecule has 0 saturated carbocycles. The van der Waals surface area contributed by atoms with Gasteiger partial charge in [-0.2, -0.15) is 0 Å². The average Bonchev–Trinajstić information content (AvgIpc) is 2.65. The molecular formula is C17H23N3O9S. The Morgan fingerprint density at radius 2 is 1.63 bits per heavy atom. The molecule has 30 heavy (non-hydrogen) atoms. The number of thioether (sulfide) groups is 1. The topological polar surface area (TPSA) is 233 Å². The van der Waals surface area contributed by atoms with E-state index < -0.39 is 53.4 Å². The summed E-state index contributed by atoms with van der Waals surface area (Å²) < 4.78 is 0. The quantitative estimate of drug-likeness (QED) is 0.141. The van der Waals surface area contributed by atoms with E-state index in [0.717, 1.165) is 17.8 Å². The van der Waals surface area contributed by atoms with Gasteiger partial charge < -0.3 is 42.3 Å². The first kappa shape index (κ1) is 25.0. The van der Waals surface area contributed by atoms with E-state index in [0.29, 0.717) is 5.56 Å². The number of carbonyl (C=O) groups is 4. The zero-order valence-corrected chi connectivity index (χ0v) is 16.5. The number of nitrogens with one attached hydrogen (secondary N) is 1. The van der Waals surface area contributed by atoms with Gasteiger partial charge in [-0.3, -0.25) is 14.4 Å². The summed E-state index contributed by atoms with van der Waals surface area (Å²) in [6.45, 7) is 0. The van der Waals surface area contributed by atoms with Crippen molar-refractivity contribution < 1.29 is 44.7 Å². The number of aromatic hydroxyl groups is 2. The lowest BCUT2D eigenvalue weighted by molar-refractivity contribution is -0.141. The number of carbonyl (C=O) groups excluding carboxylic acids is 1. The summed E-state index contributed by atoms with van der Waals surface area (Å²) in [6, 6.07) is -1.40. The van der Waals surface area contributed by atoms with Crippen LogP contribution >= 0.6 is 11.8 Å². The highest BCUT2D eigenvalue weighted by Crippen LogP contribution is 2.37. The van der Waals surface area contributed by atoms with E-state index in [-0.39, 0.29) is 29.9 Å². The lowest BCUT2D eigenvalue weighted by Crippen LogP contribution is -2.49. The Morgan fingerprint density at radius 1 is 1.00 bits per heavy atom. The lowest BCUT2D eigenvalue weighted by Gasteiger charge is -2.18. The van der Waals surface area contributed by atoms with Crippen molar-refractivity contribution in [3.8, 4) is 11.5 Å². The second-order valence-corrected chi connectivity index (χ2v) is 7.42. The van der Waals surface area contributed by atoms with E-state index in [1.165, 1.54) is 6.07 Å². The number of benzene rings is 1. The van der Waals surface area contributed by atoms with Crippen molar-refractivity contribution in [2.45, 2.75) is 42.3 Å². The van der Waals surface area contributed by atoms with Gasteiger partial charge in [0.2, 0.25) is 5.91 Å². The van der Waals surface area contributed by atoms with Gasteiger partial charge >= 0.3 is 17.9 Å². The summed E-state index contributed by atoms with van der Waals surface area (Å²) in [4.78, 5) is 44.9. The molecule has 0 unspecified atom stereocenters. The first-order valence-corrected chi connectivity index (χ1v) is 9.57. The molecule has 0 fully saturated rings. The standard InChI is InChI=1S/C17H23N3O9S/c18-8(1-2-13(22)23)15(25)20-10(17(28)29)6-30-12-5-7(3-9(19)16(26)27)4-11(21)14(12)24/h4-5,8-10,21,24H,1-3,6,18-19H2,(H,20,25)(H,22,23)(H,26,27)(H,28,29)/t8-,9-,10+/m0/s1. The minimum absolute atomic E-state index is 0.0539. The van der Waals surface area contributed by atoms with Crippen LogP contribution in [0.15, 0.2) is 17.0 Å². The summed E-state index contributed by atoms with van der Waals surface area (Å²) in [7, 11) is 0. The van der Waals surface area contributed by atoms with Crippen molar-refractivity contribution >= 4 is 35.6 Å². The molecule has 1 rings (SSSR count). The number of aliphatic carboxylic acids is 3. The Labute approximate surface area is 174 Å². The molecule has 0 aliphatic heterocycles. The zero-order valence-electron chi connectivity index (χ0n) is 15.6. The lowest BCUT2D eigenvalue weighted by atomic mass is 10.1. The first-order valence-electron chi connectivity index (χ1n) is 8.59. The van der Waals surface area contributed by atoms with Crippen LogP contribution in [0.25, 0.3) is 0 Å². The maximum Gasteiger partial charge on any atom is 0.327 e. The Hall–Kier alpha value is -3.03. The summed E-state index contributed by atoms with van der Waals surface area (Å²) in [5, 5.41) is 48.8. The van der Waals surface area contributed by atoms with Crippen LogP contribution in [0.3, 0.4) is 0 Å². The highest BCUT2D eigenvalue weighted by Gasteiger charge is 2.25. The number of hydrogen-bond acceptors (Lipinski definition) is 9. The number of carboxylic acid groups (broad SMARTS) is 3. The molecule has 13 heteroatoms. The Morgan fingerprint density at radius 3 is 2.17 bits per heavy atom. The Kier molecular flexibility index (Phi) is 9.36. The summed E-state index contributed by atoms with van der Waals surface area (Å²) in [5.74, 6) is -6.01. The molecule has 0 aliphatic carbocycles. The van der Waals surface area contributed by atoms with Gasteiger partial charge in [-0.05, 0) is 30.5 Å². The van der Waals surface area contributed by atoms with Gasteiger partial charge in [-0.1, -0.05) is 0 Å². The van der Waals surface area contributed by atoms with Crippen LogP contribution in [0, 0.1) is 0 Å². The molecule has 1 aromatic carbocycles. The van der Waals surface area contributed by atoms with Gasteiger partial charge in [0, 0.05) is 12.2 Å². The van der Waals surface area contributed by atoms with Crippen molar-refractivity contribution in [2.75, 3.05) is 5.75 Å². The van der Waals surface area contributed by atoms with E-state index >= 15 is 0 Å². The van der Waals surface area contributed by atoms with Crippen molar-refractivity contribution in [1.82, 2.24) is 5.32 Å². The van der Waals surface area contributed by atoms with Crippen molar-refractivity contribution in [3.05, 3.63) is 17.7 Å². The van der Waals surface area contributed by atoms with Crippen LogP contribution in [-0.4, -0.2) is 73.2 Å². The van der Waals surface area contributed by atoms with Crippen molar-refractivity contribution in [1.29, 1.82) is 0 Å². The number of hydrogen-bond donors (Lipinski definition) is 8. The van der Waals surface area contributed by atoms with Crippen LogP contribution in [0.4, 0.5) is 0 Å². The molecule has 166 valence electrons. The molecule has 3 atom stereocenters. The molecule has 1 aromatic rings. The number of phenols is 2. The maximum atomic E-state index is 12.0. The summed E-state index contributed by atoms with van der Waals surface area (Å²) in [5.41, 5.74) is 11.3. The third kappa shape index (κ3) is 7.77. The number of phenolic OH excluding ortho intramolecular Hbond substituents is 2. The minimum Gasteiger partial charge on any atom is -0.504 e. The van der Waals surface area contributed by atoms with Gasteiger partial charge in [0.1, 0.15) is 12.1 Å². The first-order chi connectivity index (χ1) is 13.9. The highest BCUT2D eigenvalue weighted by atomic mass is 32.2. The van der Waals surface area contributed by atoms with E-state index in [4.69, 9.17) is 21.7 Å². The number of rotatable bonds is 12. The summed E-state index contributed by atoms with van der Waals surface area (Å²) >= 11 is 0.791. The maximum absolute atomic E-state index is 12.0. The smallest absolute Gasteiger partial charge is 0.327 e. The van der Waals surface area contributed by atoms with Gasteiger partial charge in [-0.25, -0.2) is 4.79 Å². The minimum atomic E-state index is -1.43.